The Bertz CT molecular complexity index is 321. The summed E-state index contributed by atoms with van der Waals surface area (Å²) in [6.07, 6.45) is 12.0. The van der Waals surface area contributed by atoms with Gasteiger partial charge in [0.2, 0.25) is 0 Å². The molecule has 1 saturated carbocycles. The average molecular weight is 238 g/mol. The number of aromatic nitrogens is 1. The van der Waals surface area contributed by atoms with Crippen molar-refractivity contribution >= 4 is 11.8 Å². The number of hydrogen-bond acceptors (Lipinski definition) is 2. The summed E-state index contributed by atoms with van der Waals surface area (Å²) in [5, 5.41) is 4.57. The zero-order chi connectivity index (χ0) is 11.4. The van der Waals surface area contributed by atoms with Crippen LogP contribution in [0.4, 0.5) is 0 Å². The molecule has 1 heterocycles. The Morgan fingerprint density at radius 3 is 3.06 bits per heavy atom. The van der Waals surface area contributed by atoms with Crippen molar-refractivity contribution in [3.8, 4) is 0 Å². The number of aryl methyl sites for hydroxylation is 1. The van der Waals surface area contributed by atoms with E-state index in [1.165, 1.54) is 31.2 Å². The van der Waals surface area contributed by atoms with Crippen LogP contribution in [0.5, 0.6) is 0 Å². The minimum atomic E-state index is 0.728. The molecule has 16 heavy (non-hydrogen) atoms. The highest BCUT2D eigenvalue weighted by molar-refractivity contribution is 7.99. The van der Waals surface area contributed by atoms with E-state index in [4.69, 9.17) is 0 Å². The maximum absolute atomic E-state index is 3.69. The Balaban J connectivity index is 1.77. The van der Waals surface area contributed by atoms with Crippen molar-refractivity contribution in [2.24, 2.45) is 7.05 Å². The lowest BCUT2D eigenvalue weighted by molar-refractivity contribution is 0.380. The Morgan fingerprint density at radius 2 is 2.38 bits per heavy atom. The Hall–Kier alpha value is -0.410. The van der Waals surface area contributed by atoms with Crippen LogP contribution in [0.15, 0.2) is 18.5 Å². The number of hydrogen-bond donors (Lipinski definition) is 1. The van der Waals surface area contributed by atoms with Crippen molar-refractivity contribution in [2.45, 2.75) is 43.5 Å². The van der Waals surface area contributed by atoms with Crippen LogP contribution in [0.2, 0.25) is 0 Å². The molecule has 0 amide bonds. The molecule has 1 fully saturated rings. The van der Waals surface area contributed by atoms with Crippen molar-refractivity contribution in [3.05, 3.63) is 24.0 Å². The molecule has 1 aromatic rings. The summed E-state index contributed by atoms with van der Waals surface area (Å²) in [4.78, 5) is 0. The molecule has 2 nitrogen and oxygen atoms in total. The van der Waals surface area contributed by atoms with E-state index in [0.717, 1.165) is 17.8 Å². The third-order valence-electron chi connectivity index (χ3n) is 3.45. The van der Waals surface area contributed by atoms with E-state index >= 15 is 0 Å². The monoisotopic (exact) mass is 238 g/mol. The van der Waals surface area contributed by atoms with Gasteiger partial charge in [0.05, 0.1) is 0 Å². The lowest BCUT2D eigenvalue weighted by Gasteiger charge is -2.28. The average Bonchev–Trinajstić information content (AvgIpc) is 2.73. The highest BCUT2D eigenvalue weighted by Gasteiger charge is 2.20. The summed E-state index contributed by atoms with van der Waals surface area (Å²) >= 11 is 2.03. The van der Waals surface area contributed by atoms with Gasteiger partial charge in [-0.2, -0.15) is 11.8 Å². The van der Waals surface area contributed by atoms with Gasteiger partial charge in [0.1, 0.15) is 0 Å². The fourth-order valence-electron chi connectivity index (χ4n) is 2.47. The molecule has 2 atom stereocenters. The first-order valence-corrected chi connectivity index (χ1v) is 7.43. The highest BCUT2D eigenvalue weighted by atomic mass is 32.2. The van der Waals surface area contributed by atoms with Gasteiger partial charge in [0.15, 0.2) is 0 Å². The number of nitrogens with zero attached hydrogens (tertiary/aromatic N) is 1. The van der Waals surface area contributed by atoms with Crippen LogP contribution in [-0.4, -0.2) is 22.1 Å². The SMILES string of the molecule is CSC1CCCC(NCc2ccn(C)c2)C1. The van der Waals surface area contributed by atoms with Crippen LogP contribution < -0.4 is 5.32 Å². The topological polar surface area (TPSA) is 17.0 Å². The lowest BCUT2D eigenvalue weighted by Crippen LogP contribution is -2.34. The van der Waals surface area contributed by atoms with Gasteiger partial charge in [0, 0.05) is 37.3 Å². The second-order valence-electron chi connectivity index (χ2n) is 4.79. The van der Waals surface area contributed by atoms with Crippen LogP contribution in [0.25, 0.3) is 0 Å². The largest absolute Gasteiger partial charge is 0.357 e. The van der Waals surface area contributed by atoms with Crippen LogP contribution in [0.3, 0.4) is 0 Å². The maximum atomic E-state index is 3.69. The van der Waals surface area contributed by atoms with Gasteiger partial charge in [-0.3, -0.25) is 0 Å². The molecule has 0 bridgehead atoms. The van der Waals surface area contributed by atoms with E-state index in [1.807, 2.05) is 11.8 Å². The van der Waals surface area contributed by atoms with Crippen LogP contribution >= 0.6 is 11.8 Å². The Kier molecular flexibility index (Phi) is 4.36. The zero-order valence-corrected chi connectivity index (χ0v) is 11.1. The summed E-state index contributed by atoms with van der Waals surface area (Å²) in [6.45, 7) is 1.02. The predicted molar refractivity (Wildman–Crippen MR) is 71.8 cm³/mol. The third kappa shape index (κ3) is 3.29. The summed E-state index contributed by atoms with van der Waals surface area (Å²) in [5.74, 6) is 0. The predicted octanol–water partition coefficient (Wildman–Crippen LogP) is 2.79. The molecule has 1 aromatic heterocycles. The van der Waals surface area contributed by atoms with Gasteiger partial charge in [0.25, 0.3) is 0 Å². The second kappa shape index (κ2) is 5.78. The molecular formula is C13H22N2S. The summed E-state index contributed by atoms with van der Waals surface area (Å²) in [6, 6.07) is 2.92. The lowest BCUT2D eigenvalue weighted by atomic mass is 9.95. The highest BCUT2D eigenvalue weighted by Crippen LogP contribution is 2.26. The zero-order valence-electron chi connectivity index (χ0n) is 10.3. The molecular weight excluding hydrogens is 216 g/mol. The molecule has 1 N–H and O–H groups in total. The van der Waals surface area contributed by atoms with Crippen molar-refractivity contribution in [1.29, 1.82) is 0 Å². The Labute approximate surface area is 103 Å². The number of thioether (sulfide) groups is 1. The van der Waals surface area contributed by atoms with Gasteiger partial charge in [-0.1, -0.05) is 6.42 Å². The van der Waals surface area contributed by atoms with Gasteiger partial charge < -0.3 is 9.88 Å². The molecule has 3 heteroatoms. The molecule has 1 aliphatic carbocycles. The van der Waals surface area contributed by atoms with E-state index in [-0.39, 0.29) is 0 Å². The molecule has 0 aromatic carbocycles. The first kappa shape index (κ1) is 12.1. The molecule has 90 valence electrons. The van der Waals surface area contributed by atoms with Crippen molar-refractivity contribution in [1.82, 2.24) is 9.88 Å². The fourth-order valence-corrected chi connectivity index (χ4v) is 3.30. The first-order chi connectivity index (χ1) is 7.78. The first-order valence-electron chi connectivity index (χ1n) is 6.15. The molecule has 0 aliphatic heterocycles. The summed E-state index contributed by atoms with van der Waals surface area (Å²) < 4.78 is 2.11. The molecule has 0 radical (unpaired) electrons. The quantitative estimate of drug-likeness (QED) is 0.868. The molecule has 2 rings (SSSR count). The smallest absolute Gasteiger partial charge is 0.0223 e. The third-order valence-corrected chi connectivity index (χ3v) is 4.54. The normalized spacial score (nSPS) is 25.9. The van der Waals surface area contributed by atoms with E-state index in [1.54, 1.807) is 0 Å². The van der Waals surface area contributed by atoms with E-state index in [0.29, 0.717) is 0 Å². The fraction of sp³-hybridized carbons (Fsp3) is 0.692. The molecule has 0 saturated heterocycles. The van der Waals surface area contributed by atoms with E-state index in [9.17, 15) is 0 Å². The number of nitrogens with one attached hydrogen (secondary N) is 1. The molecule has 0 spiro atoms. The standard InChI is InChI=1S/C13H22N2S/c1-15-7-6-11(10-15)9-14-12-4-3-5-13(8-12)16-2/h6-7,10,12-14H,3-5,8-9H2,1-2H3. The van der Waals surface area contributed by atoms with E-state index in [2.05, 4.69) is 41.6 Å². The van der Waals surface area contributed by atoms with Gasteiger partial charge >= 0.3 is 0 Å². The van der Waals surface area contributed by atoms with Crippen LogP contribution in [0, 0.1) is 0 Å². The molecule has 2 unspecified atom stereocenters. The molecule has 1 aliphatic rings. The van der Waals surface area contributed by atoms with Gasteiger partial charge in [-0.25, -0.2) is 0 Å². The maximum Gasteiger partial charge on any atom is 0.0223 e. The number of rotatable bonds is 4. The minimum Gasteiger partial charge on any atom is -0.357 e. The summed E-state index contributed by atoms with van der Waals surface area (Å²) in [7, 11) is 2.08. The Morgan fingerprint density at radius 1 is 1.50 bits per heavy atom. The van der Waals surface area contributed by atoms with Crippen molar-refractivity contribution in [2.75, 3.05) is 6.26 Å². The van der Waals surface area contributed by atoms with Crippen LogP contribution in [0.1, 0.15) is 31.2 Å². The second-order valence-corrected chi connectivity index (χ2v) is 5.93. The van der Waals surface area contributed by atoms with Crippen LogP contribution in [-0.2, 0) is 13.6 Å². The van der Waals surface area contributed by atoms with Crippen molar-refractivity contribution in [3.63, 3.8) is 0 Å². The van der Waals surface area contributed by atoms with Gasteiger partial charge in [-0.05, 0) is 37.1 Å². The van der Waals surface area contributed by atoms with Gasteiger partial charge in [-0.15, -0.1) is 0 Å². The summed E-state index contributed by atoms with van der Waals surface area (Å²) in [5.41, 5.74) is 1.40. The van der Waals surface area contributed by atoms with E-state index < -0.39 is 0 Å². The van der Waals surface area contributed by atoms with Crippen molar-refractivity contribution < 1.29 is 0 Å². The minimum absolute atomic E-state index is 0.728.